The van der Waals surface area contributed by atoms with Crippen molar-refractivity contribution in [3.8, 4) is 0 Å². The third kappa shape index (κ3) is 4.79. The number of nitrogens with zero attached hydrogens (tertiary/aromatic N) is 2. The van der Waals surface area contributed by atoms with E-state index >= 15 is 0 Å². The van der Waals surface area contributed by atoms with Gasteiger partial charge in [-0.3, -0.25) is 14.6 Å². The number of carbonyl (C=O) groups is 2. The maximum absolute atomic E-state index is 12.3. The van der Waals surface area contributed by atoms with Crippen molar-refractivity contribution in [1.29, 1.82) is 0 Å². The quantitative estimate of drug-likeness (QED) is 0.863. The normalized spacial score (nSPS) is 16.9. The highest BCUT2D eigenvalue weighted by molar-refractivity contribution is 6.30. The molecule has 1 aliphatic heterocycles. The summed E-state index contributed by atoms with van der Waals surface area (Å²) in [4.78, 5) is 30.2. The third-order valence-corrected chi connectivity index (χ3v) is 4.59. The van der Waals surface area contributed by atoms with Gasteiger partial charge in [0.2, 0.25) is 11.8 Å². The Morgan fingerprint density at radius 1 is 1.16 bits per heavy atom. The molecule has 5 nitrogen and oxygen atoms in total. The number of rotatable bonds is 6. The number of benzene rings is 1. The van der Waals surface area contributed by atoms with E-state index in [1.807, 2.05) is 36.4 Å². The van der Waals surface area contributed by atoms with Crippen LogP contribution in [0.3, 0.4) is 0 Å². The molecule has 1 N–H and O–H groups in total. The Kier molecular flexibility index (Phi) is 5.66. The van der Waals surface area contributed by atoms with E-state index in [1.165, 1.54) is 0 Å². The standard InChI is InChI=1S/C19H20ClN3O2/c20-17-3-1-14(2-4-17)7-10-22-19(25)16-11-18(24)23(13-16)12-15-5-8-21-9-6-15/h1-6,8-9,16H,7,10-13H2,(H,22,25). The van der Waals surface area contributed by atoms with E-state index < -0.39 is 0 Å². The average molecular weight is 358 g/mol. The fourth-order valence-electron chi connectivity index (χ4n) is 2.93. The fourth-order valence-corrected chi connectivity index (χ4v) is 3.06. The lowest BCUT2D eigenvalue weighted by Gasteiger charge is -2.16. The second kappa shape index (κ2) is 8.12. The Morgan fingerprint density at radius 3 is 2.60 bits per heavy atom. The van der Waals surface area contributed by atoms with Crippen molar-refractivity contribution in [3.63, 3.8) is 0 Å². The summed E-state index contributed by atoms with van der Waals surface area (Å²) in [6.45, 7) is 1.54. The number of hydrogen-bond donors (Lipinski definition) is 1. The van der Waals surface area contributed by atoms with E-state index in [0.29, 0.717) is 24.7 Å². The first-order chi connectivity index (χ1) is 12.1. The SMILES string of the molecule is O=C(NCCc1ccc(Cl)cc1)C1CC(=O)N(Cc2ccncc2)C1. The van der Waals surface area contributed by atoms with Gasteiger partial charge in [0.1, 0.15) is 0 Å². The van der Waals surface area contributed by atoms with E-state index in [-0.39, 0.29) is 24.2 Å². The molecule has 0 radical (unpaired) electrons. The lowest BCUT2D eigenvalue weighted by atomic mass is 10.1. The molecule has 2 aromatic rings. The van der Waals surface area contributed by atoms with Gasteiger partial charge < -0.3 is 10.2 Å². The van der Waals surface area contributed by atoms with Crippen LogP contribution in [0.1, 0.15) is 17.5 Å². The molecule has 0 saturated carbocycles. The number of aromatic nitrogens is 1. The lowest BCUT2D eigenvalue weighted by Crippen LogP contribution is -2.34. The van der Waals surface area contributed by atoms with Crippen LogP contribution in [0.15, 0.2) is 48.8 Å². The van der Waals surface area contributed by atoms with E-state index in [2.05, 4.69) is 10.3 Å². The van der Waals surface area contributed by atoms with Gasteiger partial charge in [0, 0.05) is 43.5 Å². The molecule has 1 aromatic heterocycles. The molecule has 0 bridgehead atoms. The summed E-state index contributed by atoms with van der Waals surface area (Å²) in [7, 11) is 0. The van der Waals surface area contributed by atoms with Gasteiger partial charge in [-0.15, -0.1) is 0 Å². The highest BCUT2D eigenvalue weighted by atomic mass is 35.5. The second-order valence-corrected chi connectivity index (χ2v) is 6.63. The first-order valence-electron chi connectivity index (χ1n) is 8.30. The van der Waals surface area contributed by atoms with Crippen molar-refractivity contribution < 1.29 is 9.59 Å². The van der Waals surface area contributed by atoms with Crippen LogP contribution in [-0.2, 0) is 22.6 Å². The summed E-state index contributed by atoms with van der Waals surface area (Å²) in [6, 6.07) is 11.3. The van der Waals surface area contributed by atoms with Crippen molar-refractivity contribution in [1.82, 2.24) is 15.2 Å². The molecule has 25 heavy (non-hydrogen) atoms. The van der Waals surface area contributed by atoms with Gasteiger partial charge in [-0.05, 0) is 41.8 Å². The number of pyridine rings is 1. The van der Waals surface area contributed by atoms with E-state index in [4.69, 9.17) is 11.6 Å². The molecule has 3 rings (SSSR count). The van der Waals surface area contributed by atoms with Crippen molar-refractivity contribution >= 4 is 23.4 Å². The van der Waals surface area contributed by atoms with Crippen LogP contribution in [0.5, 0.6) is 0 Å². The van der Waals surface area contributed by atoms with Crippen LogP contribution < -0.4 is 5.32 Å². The summed E-state index contributed by atoms with van der Waals surface area (Å²) < 4.78 is 0. The van der Waals surface area contributed by atoms with Crippen LogP contribution in [0.4, 0.5) is 0 Å². The molecule has 1 fully saturated rings. The summed E-state index contributed by atoms with van der Waals surface area (Å²) in [5, 5.41) is 3.63. The average Bonchev–Trinajstić information content (AvgIpc) is 2.98. The molecule has 6 heteroatoms. The van der Waals surface area contributed by atoms with Gasteiger partial charge in [0.25, 0.3) is 0 Å². The highest BCUT2D eigenvalue weighted by Gasteiger charge is 2.33. The zero-order valence-corrected chi connectivity index (χ0v) is 14.6. The first kappa shape index (κ1) is 17.4. The van der Waals surface area contributed by atoms with E-state index in [0.717, 1.165) is 17.5 Å². The molecule has 1 aliphatic rings. The minimum Gasteiger partial charge on any atom is -0.355 e. The number of likely N-dealkylation sites (tertiary alicyclic amines) is 1. The largest absolute Gasteiger partial charge is 0.355 e. The third-order valence-electron chi connectivity index (χ3n) is 4.33. The van der Waals surface area contributed by atoms with E-state index in [1.54, 1.807) is 17.3 Å². The predicted octanol–water partition coefficient (Wildman–Crippen LogP) is 2.44. The smallest absolute Gasteiger partial charge is 0.225 e. The Labute approximate surface area is 152 Å². The van der Waals surface area contributed by atoms with Gasteiger partial charge in [0.15, 0.2) is 0 Å². The maximum atomic E-state index is 12.3. The zero-order chi connectivity index (χ0) is 17.6. The summed E-state index contributed by atoms with van der Waals surface area (Å²) in [6.07, 6.45) is 4.43. The predicted molar refractivity (Wildman–Crippen MR) is 95.9 cm³/mol. The molecular weight excluding hydrogens is 338 g/mol. The van der Waals surface area contributed by atoms with Gasteiger partial charge in [-0.25, -0.2) is 0 Å². The molecular formula is C19H20ClN3O2. The van der Waals surface area contributed by atoms with Crippen molar-refractivity contribution in [3.05, 3.63) is 64.9 Å². The second-order valence-electron chi connectivity index (χ2n) is 6.20. The molecule has 2 amide bonds. The molecule has 0 spiro atoms. The van der Waals surface area contributed by atoms with Crippen LogP contribution in [0, 0.1) is 5.92 Å². The molecule has 130 valence electrons. The van der Waals surface area contributed by atoms with Crippen molar-refractivity contribution in [2.45, 2.75) is 19.4 Å². The topological polar surface area (TPSA) is 62.3 Å². The number of nitrogens with one attached hydrogen (secondary N) is 1. The molecule has 0 aliphatic carbocycles. The minimum atomic E-state index is -0.278. The first-order valence-corrected chi connectivity index (χ1v) is 8.68. The number of hydrogen-bond acceptors (Lipinski definition) is 3. The van der Waals surface area contributed by atoms with Gasteiger partial charge >= 0.3 is 0 Å². The molecule has 2 heterocycles. The summed E-state index contributed by atoms with van der Waals surface area (Å²) in [5.74, 6) is -0.311. The minimum absolute atomic E-state index is 0.0228. The van der Waals surface area contributed by atoms with Gasteiger partial charge in [-0.1, -0.05) is 23.7 Å². The Balaban J connectivity index is 1.46. The number of amides is 2. The molecule has 1 atom stereocenters. The Bertz CT molecular complexity index is 734. The van der Waals surface area contributed by atoms with Crippen LogP contribution >= 0.6 is 11.6 Å². The lowest BCUT2D eigenvalue weighted by molar-refractivity contribution is -0.129. The van der Waals surface area contributed by atoms with Crippen LogP contribution in [0.2, 0.25) is 5.02 Å². The fraction of sp³-hybridized carbons (Fsp3) is 0.316. The van der Waals surface area contributed by atoms with Crippen molar-refractivity contribution in [2.75, 3.05) is 13.1 Å². The molecule has 1 saturated heterocycles. The molecule has 1 unspecified atom stereocenters. The highest BCUT2D eigenvalue weighted by Crippen LogP contribution is 2.20. The Hall–Kier alpha value is -2.40. The van der Waals surface area contributed by atoms with Crippen molar-refractivity contribution in [2.24, 2.45) is 5.92 Å². The molecule has 1 aromatic carbocycles. The zero-order valence-electron chi connectivity index (χ0n) is 13.8. The van der Waals surface area contributed by atoms with E-state index in [9.17, 15) is 9.59 Å². The van der Waals surface area contributed by atoms with Gasteiger partial charge in [-0.2, -0.15) is 0 Å². The van der Waals surface area contributed by atoms with Crippen LogP contribution in [-0.4, -0.2) is 34.8 Å². The number of carbonyl (C=O) groups excluding carboxylic acids is 2. The number of halogens is 1. The Morgan fingerprint density at radius 2 is 1.88 bits per heavy atom. The monoisotopic (exact) mass is 357 g/mol. The maximum Gasteiger partial charge on any atom is 0.225 e. The summed E-state index contributed by atoms with van der Waals surface area (Å²) in [5.41, 5.74) is 2.14. The van der Waals surface area contributed by atoms with Gasteiger partial charge in [0.05, 0.1) is 5.92 Å². The van der Waals surface area contributed by atoms with Crippen LogP contribution in [0.25, 0.3) is 0 Å². The summed E-state index contributed by atoms with van der Waals surface area (Å²) >= 11 is 5.86.